The molecule has 0 aliphatic carbocycles. The van der Waals surface area contributed by atoms with Gasteiger partial charge in [-0.2, -0.15) is 5.10 Å². The molecular formula is C23H18ClN3O3. The predicted molar refractivity (Wildman–Crippen MR) is 118 cm³/mol. The number of nitrogens with one attached hydrogen (secondary N) is 1. The molecule has 0 spiro atoms. The summed E-state index contributed by atoms with van der Waals surface area (Å²) in [4.78, 5) is 26.1. The van der Waals surface area contributed by atoms with Crippen LogP contribution in [0, 0.1) is 0 Å². The first kappa shape index (κ1) is 19.7. The van der Waals surface area contributed by atoms with Crippen molar-refractivity contribution in [2.24, 2.45) is 0 Å². The molecule has 1 N–H and O–H groups in total. The van der Waals surface area contributed by atoms with Crippen LogP contribution in [0.4, 0.5) is 5.69 Å². The molecule has 1 heterocycles. The van der Waals surface area contributed by atoms with Crippen LogP contribution in [0.3, 0.4) is 0 Å². The zero-order valence-corrected chi connectivity index (χ0v) is 16.9. The summed E-state index contributed by atoms with van der Waals surface area (Å²) in [5.41, 5.74) is 1.21. The molecule has 1 aromatic heterocycles. The number of anilines is 1. The molecular weight excluding hydrogens is 402 g/mol. The fraction of sp³-hybridized carbons (Fsp3) is 0.0870. The van der Waals surface area contributed by atoms with Crippen LogP contribution in [-0.2, 0) is 6.54 Å². The van der Waals surface area contributed by atoms with E-state index in [-0.39, 0.29) is 17.8 Å². The number of hydrogen-bond donors (Lipinski definition) is 1. The average Bonchev–Trinajstić information content (AvgIpc) is 2.76. The first-order chi connectivity index (χ1) is 14.6. The molecule has 0 fully saturated rings. The summed E-state index contributed by atoms with van der Waals surface area (Å²) >= 11 is 6.07. The van der Waals surface area contributed by atoms with Crippen LogP contribution in [0.2, 0.25) is 5.02 Å². The number of carbonyl (C=O) groups is 1. The monoisotopic (exact) mass is 419 g/mol. The van der Waals surface area contributed by atoms with E-state index in [2.05, 4.69) is 10.4 Å². The quantitative estimate of drug-likeness (QED) is 0.521. The first-order valence-electron chi connectivity index (χ1n) is 9.25. The van der Waals surface area contributed by atoms with Gasteiger partial charge in [-0.05, 0) is 29.8 Å². The lowest BCUT2D eigenvalue weighted by molar-refractivity contribution is 0.102. The number of carbonyl (C=O) groups excluding carboxylic acids is 1. The summed E-state index contributed by atoms with van der Waals surface area (Å²) < 4.78 is 6.60. The second kappa shape index (κ2) is 8.39. The van der Waals surface area contributed by atoms with Crippen molar-refractivity contribution in [3.63, 3.8) is 0 Å². The Kier molecular flexibility index (Phi) is 5.50. The fourth-order valence-corrected chi connectivity index (χ4v) is 3.40. The lowest BCUT2D eigenvalue weighted by Crippen LogP contribution is -2.28. The van der Waals surface area contributed by atoms with Gasteiger partial charge in [-0.15, -0.1) is 0 Å². The molecule has 0 aliphatic rings. The molecule has 0 aliphatic heterocycles. The molecule has 7 heteroatoms. The molecule has 4 rings (SSSR count). The van der Waals surface area contributed by atoms with Crippen LogP contribution in [0.5, 0.6) is 5.75 Å². The van der Waals surface area contributed by atoms with E-state index in [1.807, 2.05) is 30.3 Å². The molecule has 3 aromatic carbocycles. The van der Waals surface area contributed by atoms with Crippen molar-refractivity contribution in [1.82, 2.24) is 9.78 Å². The molecule has 150 valence electrons. The average molecular weight is 420 g/mol. The van der Waals surface area contributed by atoms with Crippen LogP contribution >= 0.6 is 11.6 Å². The number of fused-ring (bicyclic) bond motifs is 1. The number of amides is 1. The normalized spacial score (nSPS) is 10.7. The molecule has 4 aromatic rings. The standard InChI is InChI=1S/C23H18ClN3O3/c1-30-20-12-11-16(24)13-19(20)25-22(28)21-17-9-5-6-10-18(17)23(29)27(26-21)14-15-7-3-2-4-8-15/h2-13H,14H2,1H3,(H,25,28). The maximum atomic E-state index is 13.1. The van der Waals surface area contributed by atoms with Gasteiger partial charge in [0.2, 0.25) is 0 Å². The van der Waals surface area contributed by atoms with Gasteiger partial charge in [0, 0.05) is 10.4 Å². The maximum Gasteiger partial charge on any atom is 0.276 e. The first-order valence-corrected chi connectivity index (χ1v) is 9.63. The van der Waals surface area contributed by atoms with Gasteiger partial charge in [0.25, 0.3) is 11.5 Å². The number of methoxy groups -OCH3 is 1. The Bertz CT molecular complexity index is 1290. The topological polar surface area (TPSA) is 73.2 Å². The lowest BCUT2D eigenvalue weighted by atomic mass is 10.1. The number of halogens is 1. The van der Waals surface area contributed by atoms with Crippen molar-refractivity contribution >= 4 is 34.0 Å². The third-order valence-electron chi connectivity index (χ3n) is 4.67. The number of benzene rings is 3. The fourth-order valence-electron chi connectivity index (χ4n) is 3.23. The van der Waals surface area contributed by atoms with E-state index in [1.54, 1.807) is 42.5 Å². The van der Waals surface area contributed by atoms with Crippen LogP contribution < -0.4 is 15.6 Å². The third-order valence-corrected chi connectivity index (χ3v) is 4.90. The number of nitrogens with zero attached hydrogens (tertiary/aromatic N) is 2. The Morgan fingerprint density at radius 3 is 2.47 bits per heavy atom. The number of aromatic nitrogens is 2. The van der Waals surface area contributed by atoms with Crippen molar-refractivity contribution in [3.05, 3.63) is 99.4 Å². The Morgan fingerprint density at radius 1 is 1.03 bits per heavy atom. The van der Waals surface area contributed by atoms with Gasteiger partial charge in [0.15, 0.2) is 5.69 Å². The summed E-state index contributed by atoms with van der Waals surface area (Å²) in [6.07, 6.45) is 0. The van der Waals surface area contributed by atoms with E-state index < -0.39 is 5.91 Å². The molecule has 1 amide bonds. The lowest BCUT2D eigenvalue weighted by Gasteiger charge is -2.13. The van der Waals surface area contributed by atoms with Gasteiger partial charge in [-0.25, -0.2) is 4.68 Å². The second-order valence-electron chi connectivity index (χ2n) is 6.64. The van der Waals surface area contributed by atoms with Crippen molar-refractivity contribution in [3.8, 4) is 5.75 Å². The highest BCUT2D eigenvalue weighted by Crippen LogP contribution is 2.28. The smallest absolute Gasteiger partial charge is 0.276 e. The SMILES string of the molecule is COc1ccc(Cl)cc1NC(=O)c1nn(Cc2ccccc2)c(=O)c2ccccc12. The minimum absolute atomic E-state index is 0.142. The molecule has 0 unspecified atom stereocenters. The summed E-state index contributed by atoms with van der Waals surface area (Å²) in [6.45, 7) is 0.255. The summed E-state index contributed by atoms with van der Waals surface area (Å²) in [5, 5.41) is 8.54. The molecule has 0 saturated carbocycles. The van der Waals surface area contributed by atoms with E-state index in [4.69, 9.17) is 16.3 Å². The maximum absolute atomic E-state index is 13.1. The van der Waals surface area contributed by atoms with Gasteiger partial charge >= 0.3 is 0 Å². The van der Waals surface area contributed by atoms with Gasteiger partial charge in [-0.1, -0.05) is 60.1 Å². The Balaban J connectivity index is 1.80. The van der Waals surface area contributed by atoms with Crippen molar-refractivity contribution < 1.29 is 9.53 Å². The largest absolute Gasteiger partial charge is 0.495 e. The third kappa shape index (κ3) is 3.90. The molecule has 0 bridgehead atoms. The predicted octanol–water partition coefficient (Wildman–Crippen LogP) is 4.36. The molecule has 6 nitrogen and oxygen atoms in total. The van der Waals surface area contributed by atoms with E-state index >= 15 is 0 Å². The molecule has 30 heavy (non-hydrogen) atoms. The summed E-state index contributed by atoms with van der Waals surface area (Å²) in [6, 6.07) is 21.3. The Morgan fingerprint density at radius 2 is 1.73 bits per heavy atom. The van der Waals surface area contributed by atoms with Crippen LogP contribution in [0.1, 0.15) is 16.1 Å². The van der Waals surface area contributed by atoms with Gasteiger partial charge in [-0.3, -0.25) is 9.59 Å². The minimum atomic E-state index is -0.464. The summed E-state index contributed by atoms with van der Waals surface area (Å²) in [5.74, 6) is 0.00300. The highest BCUT2D eigenvalue weighted by atomic mass is 35.5. The van der Waals surface area contributed by atoms with Crippen LogP contribution in [0.25, 0.3) is 10.8 Å². The van der Waals surface area contributed by atoms with Crippen molar-refractivity contribution in [1.29, 1.82) is 0 Å². The van der Waals surface area contributed by atoms with Crippen molar-refractivity contribution in [2.75, 3.05) is 12.4 Å². The van der Waals surface area contributed by atoms with E-state index in [1.165, 1.54) is 11.8 Å². The molecule has 0 radical (unpaired) electrons. The van der Waals surface area contributed by atoms with E-state index in [0.29, 0.717) is 27.2 Å². The van der Waals surface area contributed by atoms with E-state index in [9.17, 15) is 9.59 Å². The zero-order chi connectivity index (χ0) is 21.1. The Hall–Kier alpha value is -3.64. The highest BCUT2D eigenvalue weighted by Gasteiger charge is 2.18. The van der Waals surface area contributed by atoms with E-state index in [0.717, 1.165) is 5.56 Å². The van der Waals surface area contributed by atoms with Crippen LogP contribution in [0.15, 0.2) is 77.6 Å². The minimum Gasteiger partial charge on any atom is -0.495 e. The van der Waals surface area contributed by atoms with Crippen LogP contribution in [-0.4, -0.2) is 22.8 Å². The number of ether oxygens (including phenoxy) is 1. The van der Waals surface area contributed by atoms with Gasteiger partial charge in [0.05, 0.1) is 24.7 Å². The van der Waals surface area contributed by atoms with Gasteiger partial charge in [0.1, 0.15) is 5.75 Å². The Labute approximate surface area is 177 Å². The number of hydrogen-bond acceptors (Lipinski definition) is 4. The molecule has 0 atom stereocenters. The molecule has 0 saturated heterocycles. The number of rotatable bonds is 5. The second-order valence-corrected chi connectivity index (χ2v) is 7.08. The highest BCUT2D eigenvalue weighted by molar-refractivity contribution is 6.31. The summed E-state index contributed by atoms with van der Waals surface area (Å²) in [7, 11) is 1.51. The zero-order valence-electron chi connectivity index (χ0n) is 16.1. The van der Waals surface area contributed by atoms with Gasteiger partial charge < -0.3 is 10.1 Å². The van der Waals surface area contributed by atoms with Crippen molar-refractivity contribution in [2.45, 2.75) is 6.54 Å².